The highest BCUT2D eigenvalue weighted by Gasteiger charge is 2.28. The third-order valence-electron chi connectivity index (χ3n) is 4.93. The molecule has 5 nitrogen and oxygen atoms in total. The van der Waals surface area contributed by atoms with Crippen molar-refractivity contribution in [1.82, 2.24) is 5.43 Å². The lowest BCUT2D eigenvalue weighted by Gasteiger charge is -2.27. The van der Waals surface area contributed by atoms with Crippen molar-refractivity contribution in [3.05, 3.63) is 59.2 Å². The Kier molecular flexibility index (Phi) is 5.69. The molecule has 1 aliphatic rings. The van der Waals surface area contributed by atoms with E-state index in [2.05, 4.69) is 64.2 Å². The molecule has 2 aromatic carbocycles. The van der Waals surface area contributed by atoms with Gasteiger partial charge in [0.25, 0.3) is 5.91 Å². The van der Waals surface area contributed by atoms with Crippen molar-refractivity contribution >= 4 is 12.1 Å². The van der Waals surface area contributed by atoms with Gasteiger partial charge >= 0.3 is 0 Å². The second kappa shape index (κ2) is 7.90. The minimum Gasteiger partial charge on any atom is -0.485 e. The highest BCUT2D eigenvalue weighted by molar-refractivity contribution is 5.85. The standard InChI is InChI=1S/C24H30N2O3/c1-23(2,3)17-9-7-16(8-10-17)14-25-26-22(27)21-15-28-19-12-11-18(24(4,5)6)13-20(19)29-21/h7-14,21H,15H2,1-6H3,(H,26,27)/b25-14+. The summed E-state index contributed by atoms with van der Waals surface area (Å²) in [6, 6.07) is 14.0. The van der Waals surface area contributed by atoms with Crippen LogP contribution in [0.2, 0.25) is 0 Å². The van der Waals surface area contributed by atoms with Crippen molar-refractivity contribution in [2.24, 2.45) is 5.10 Å². The van der Waals surface area contributed by atoms with E-state index in [0.29, 0.717) is 11.5 Å². The molecule has 1 N–H and O–H groups in total. The minimum absolute atomic E-state index is 0.0135. The van der Waals surface area contributed by atoms with E-state index < -0.39 is 6.10 Å². The SMILES string of the molecule is CC(C)(C)c1ccc(/C=N/NC(=O)C2COc3ccc(C(C)(C)C)cc3O2)cc1. The highest BCUT2D eigenvalue weighted by Crippen LogP contribution is 2.36. The molecule has 0 aromatic heterocycles. The molecular weight excluding hydrogens is 364 g/mol. The van der Waals surface area contributed by atoms with Crippen molar-refractivity contribution < 1.29 is 14.3 Å². The molecule has 0 bridgehead atoms. The van der Waals surface area contributed by atoms with Crippen LogP contribution < -0.4 is 14.9 Å². The van der Waals surface area contributed by atoms with Crippen molar-refractivity contribution in [3.8, 4) is 11.5 Å². The van der Waals surface area contributed by atoms with Gasteiger partial charge < -0.3 is 9.47 Å². The molecule has 1 amide bonds. The van der Waals surface area contributed by atoms with Crippen molar-refractivity contribution in [1.29, 1.82) is 0 Å². The fourth-order valence-electron chi connectivity index (χ4n) is 2.98. The molecule has 1 heterocycles. The molecule has 0 saturated carbocycles. The zero-order valence-electron chi connectivity index (χ0n) is 18.1. The molecule has 5 heteroatoms. The smallest absolute Gasteiger partial charge is 0.284 e. The van der Waals surface area contributed by atoms with E-state index in [1.165, 1.54) is 5.56 Å². The summed E-state index contributed by atoms with van der Waals surface area (Å²) < 4.78 is 11.6. The Labute approximate surface area is 173 Å². The van der Waals surface area contributed by atoms with Crippen molar-refractivity contribution in [2.45, 2.75) is 58.5 Å². The maximum atomic E-state index is 12.4. The van der Waals surface area contributed by atoms with E-state index in [1.807, 2.05) is 30.3 Å². The number of nitrogens with one attached hydrogen (secondary N) is 1. The summed E-state index contributed by atoms with van der Waals surface area (Å²) in [5.74, 6) is 0.912. The van der Waals surface area contributed by atoms with E-state index in [4.69, 9.17) is 9.47 Å². The average Bonchev–Trinajstić information content (AvgIpc) is 2.66. The van der Waals surface area contributed by atoms with E-state index in [1.54, 1.807) is 6.21 Å². The van der Waals surface area contributed by atoms with Crippen LogP contribution >= 0.6 is 0 Å². The van der Waals surface area contributed by atoms with Crippen LogP contribution in [0.4, 0.5) is 0 Å². The molecule has 0 radical (unpaired) electrons. The number of hydrazone groups is 1. The molecule has 0 spiro atoms. The fraction of sp³-hybridized carbons (Fsp3) is 0.417. The van der Waals surface area contributed by atoms with Gasteiger partial charge in [0.1, 0.15) is 6.61 Å². The first-order valence-corrected chi connectivity index (χ1v) is 9.91. The van der Waals surface area contributed by atoms with Gasteiger partial charge in [-0.15, -0.1) is 0 Å². The number of hydrogen-bond acceptors (Lipinski definition) is 4. The molecule has 2 aromatic rings. The van der Waals surface area contributed by atoms with Crippen LogP contribution in [0.25, 0.3) is 0 Å². The van der Waals surface area contributed by atoms with Gasteiger partial charge in [-0.05, 0) is 39.7 Å². The quantitative estimate of drug-likeness (QED) is 0.613. The Morgan fingerprint density at radius 3 is 2.21 bits per heavy atom. The third kappa shape index (κ3) is 5.17. The first kappa shape index (κ1) is 20.9. The Morgan fingerprint density at radius 2 is 1.59 bits per heavy atom. The number of nitrogens with zero attached hydrogens (tertiary/aromatic N) is 1. The Bertz CT molecular complexity index is 903. The van der Waals surface area contributed by atoms with Crippen molar-refractivity contribution in [2.75, 3.05) is 6.61 Å². The van der Waals surface area contributed by atoms with E-state index in [-0.39, 0.29) is 23.3 Å². The lowest BCUT2D eigenvalue weighted by Crippen LogP contribution is -2.42. The van der Waals surface area contributed by atoms with Gasteiger partial charge in [0, 0.05) is 0 Å². The van der Waals surface area contributed by atoms with Gasteiger partial charge in [-0.3, -0.25) is 4.79 Å². The van der Waals surface area contributed by atoms with E-state index >= 15 is 0 Å². The van der Waals surface area contributed by atoms with Crippen LogP contribution in [0.3, 0.4) is 0 Å². The molecule has 0 fully saturated rings. The van der Waals surface area contributed by atoms with Gasteiger partial charge in [-0.25, -0.2) is 5.43 Å². The number of ether oxygens (including phenoxy) is 2. The second-order valence-electron chi connectivity index (χ2n) is 9.44. The fourth-order valence-corrected chi connectivity index (χ4v) is 2.98. The van der Waals surface area contributed by atoms with Crippen LogP contribution in [0.5, 0.6) is 11.5 Å². The molecule has 154 valence electrons. The molecular formula is C24H30N2O3. The predicted octanol–water partition coefficient (Wildman–Crippen LogP) is 4.57. The maximum Gasteiger partial charge on any atom is 0.284 e. The van der Waals surface area contributed by atoms with Crippen LogP contribution in [0.15, 0.2) is 47.6 Å². The number of amides is 1. The van der Waals surface area contributed by atoms with E-state index in [9.17, 15) is 4.79 Å². The summed E-state index contributed by atoms with van der Waals surface area (Å²) >= 11 is 0. The minimum atomic E-state index is -0.738. The summed E-state index contributed by atoms with van der Waals surface area (Å²) in [6.45, 7) is 13.1. The topological polar surface area (TPSA) is 59.9 Å². The molecule has 29 heavy (non-hydrogen) atoms. The molecule has 0 aliphatic carbocycles. The van der Waals surface area contributed by atoms with Gasteiger partial charge in [0.2, 0.25) is 6.10 Å². The molecule has 1 unspecified atom stereocenters. The third-order valence-corrected chi connectivity index (χ3v) is 4.93. The largest absolute Gasteiger partial charge is 0.485 e. The first-order chi connectivity index (χ1) is 13.5. The van der Waals surface area contributed by atoms with Crippen LogP contribution in [0.1, 0.15) is 58.2 Å². The average molecular weight is 395 g/mol. The second-order valence-corrected chi connectivity index (χ2v) is 9.44. The zero-order chi connectivity index (χ0) is 21.2. The number of benzene rings is 2. The van der Waals surface area contributed by atoms with Crippen LogP contribution in [-0.2, 0) is 15.6 Å². The van der Waals surface area contributed by atoms with Gasteiger partial charge in [-0.2, -0.15) is 5.10 Å². The van der Waals surface area contributed by atoms with Crippen molar-refractivity contribution in [3.63, 3.8) is 0 Å². The van der Waals surface area contributed by atoms with Crippen LogP contribution in [0, 0.1) is 0 Å². The predicted molar refractivity (Wildman–Crippen MR) is 116 cm³/mol. The Hall–Kier alpha value is -2.82. The highest BCUT2D eigenvalue weighted by atomic mass is 16.6. The molecule has 1 atom stereocenters. The Balaban J connectivity index is 1.61. The van der Waals surface area contributed by atoms with Gasteiger partial charge in [0.15, 0.2) is 11.5 Å². The zero-order valence-corrected chi connectivity index (χ0v) is 18.1. The van der Waals surface area contributed by atoms with Crippen LogP contribution in [-0.4, -0.2) is 24.8 Å². The van der Waals surface area contributed by atoms with Gasteiger partial charge in [-0.1, -0.05) is 71.9 Å². The number of carbonyl (C=O) groups excluding carboxylic acids is 1. The normalized spacial score (nSPS) is 16.7. The summed E-state index contributed by atoms with van der Waals surface area (Å²) in [7, 11) is 0. The summed E-state index contributed by atoms with van der Waals surface area (Å²) in [6.07, 6.45) is 0.887. The number of hydrogen-bond donors (Lipinski definition) is 1. The van der Waals surface area contributed by atoms with E-state index in [0.717, 1.165) is 11.1 Å². The number of rotatable bonds is 3. The monoisotopic (exact) mass is 394 g/mol. The number of carbonyl (C=O) groups is 1. The summed E-state index contributed by atoms with van der Waals surface area (Å²) in [5, 5.41) is 4.06. The summed E-state index contributed by atoms with van der Waals surface area (Å²) in [5.41, 5.74) is 5.92. The first-order valence-electron chi connectivity index (χ1n) is 9.91. The summed E-state index contributed by atoms with van der Waals surface area (Å²) in [4.78, 5) is 12.4. The lowest BCUT2D eigenvalue weighted by atomic mass is 9.87. The molecule has 1 aliphatic heterocycles. The number of fused-ring (bicyclic) bond motifs is 1. The molecule has 0 saturated heterocycles. The molecule has 3 rings (SSSR count). The Morgan fingerprint density at radius 1 is 0.966 bits per heavy atom. The maximum absolute atomic E-state index is 12.4. The lowest BCUT2D eigenvalue weighted by molar-refractivity contribution is -0.130. The van der Waals surface area contributed by atoms with Gasteiger partial charge in [0.05, 0.1) is 6.21 Å².